The molecular weight excluding hydrogens is 280 g/mol. The molecule has 90 valence electrons. The third kappa shape index (κ3) is 2.69. The van der Waals surface area contributed by atoms with Gasteiger partial charge in [0.1, 0.15) is 12.4 Å². The number of aryl methyl sites for hydroxylation is 3. The first-order valence-electron chi connectivity index (χ1n) is 5.45. The van der Waals surface area contributed by atoms with E-state index in [0.29, 0.717) is 6.61 Å². The summed E-state index contributed by atoms with van der Waals surface area (Å²) < 4.78 is 8.62. The van der Waals surface area contributed by atoms with Gasteiger partial charge < -0.3 is 4.74 Å². The zero-order valence-corrected chi connectivity index (χ0v) is 11.8. The van der Waals surface area contributed by atoms with Crippen LogP contribution >= 0.6 is 15.9 Å². The molecule has 1 aromatic carbocycles. The fraction of sp³-hybridized carbons (Fsp3) is 0.308. The summed E-state index contributed by atoms with van der Waals surface area (Å²) in [6.45, 7) is 4.54. The van der Waals surface area contributed by atoms with Gasteiger partial charge >= 0.3 is 0 Å². The Bertz CT molecular complexity index is 534. The van der Waals surface area contributed by atoms with Crippen molar-refractivity contribution in [3.63, 3.8) is 0 Å². The molecule has 0 amide bonds. The predicted octanol–water partition coefficient (Wildman–Crippen LogP) is 3.38. The minimum absolute atomic E-state index is 0.515. The van der Waals surface area contributed by atoms with Crippen LogP contribution in [0.25, 0.3) is 0 Å². The number of aromatic nitrogens is 2. The standard InChI is InChI=1S/C13H15BrN2O/c1-9-5-4-6-11(7-9)17-8-12-13(14)10(2)15-16(12)3/h4-7H,8H2,1-3H3. The molecule has 0 N–H and O–H groups in total. The molecule has 0 aliphatic rings. The highest BCUT2D eigenvalue weighted by atomic mass is 79.9. The van der Waals surface area contributed by atoms with Crippen LogP contribution in [-0.2, 0) is 13.7 Å². The SMILES string of the molecule is Cc1cccc(OCc2c(Br)c(C)nn2C)c1. The molecular formula is C13H15BrN2O. The summed E-state index contributed by atoms with van der Waals surface area (Å²) in [6.07, 6.45) is 0. The largest absolute Gasteiger partial charge is 0.487 e. The van der Waals surface area contributed by atoms with Crippen molar-refractivity contribution in [3.8, 4) is 5.75 Å². The average Bonchev–Trinajstić information content (AvgIpc) is 2.51. The normalized spacial score (nSPS) is 10.6. The predicted molar refractivity (Wildman–Crippen MR) is 71.2 cm³/mol. The van der Waals surface area contributed by atoms with Gasteiger partial charge in [0.2, 0.25) is 0 Å². The maximum absolute atomic E-state index is 5.76. The number of hydrogen-bond acceptors (Lipinski definition) is 2. The van der Waals surface area contributed by atoms with Gasteiger partial charge in [0.25, 0.3) is 0 Å². The molecule has 0 saturated heterocycles. The molecule has 4 heteroatoms. The van der Waals surface area contributed by atoms with Crippen molar-refractivity contribution in [2.45, 2.75) is 20.5 Å². The lowest BCUT2D eigenvalue weighted by molar-refractivity contribution is 0.294. The van der Waals surface area contributed by atoms with E-state index in [1.54, 1.807) is 0 Å². The lowest BCUT2D eigenvalue weighted by atomic mass is 10.2. The van der Waals surface area contributed by atoms with Crippen molar-refractivity contribution < 1.29 is 4.74 Å². The molecule has 0 saturated carbocycles. The van der Waals surface area contributed by atoms with E-state index in [1.165, 1.54) is 5.56 Å². The van der Waals surface area contributed by atoms with E-state index in [-0.39, 0.29) is 0 Å². The van der Waals surface area contributed by atoms with Gasteiger partial charge in [0.05, 0.1) is 15.9 Å². The average molecular weight is 295 g/mol. The van der Waals surface area contributed by atoms with Crippen LogP contribution in [0.5, 0.6) is 5.75 Å². The van der Waals surface area contributed by atoms with E-state index in [4.69, 9.17) is 4.74 Å². The van der Waals surface area contributed by atoms with Gasteiger partial charge in [-0.25, -0.2) is 0 Å². The molecule has 3 nitrogen and oxygen atoms in total. The van der Waals surface area contributed by atoms with Gasteiger partial charge in [-0.15, -0.1) is 0 Å². The molecule has 0 atom stereocenters. The van der Waals surface area contributed by atoms with E-state index >= 15 is 0 Å². The summed E-state index contributed by atoms with van der Waals surface area (Å²) in [5.41, 5.74) is 3.22. The molecule has 0 bridgehead atoms. The minimum Gasteiger partial charge on any atom is -0.487 e. The second-order valence-electron chi connectivity index (χ2n) is 4.07. The zero-order chi connectivity index (χ0) is 12.4. The molecule has 0 spiro atoms. The van der Waals surface area contributed by atoms with Gasteiger partial charge in [-0.2, -0.15) is 5.10 Å². The summed E-state index contributed by atoms with van der Waals surface area (Å²) in [6, 6.07) is 8.03. The lowest BCUT2D eigenvalue weighted by Gasteiger charge is -2.07. The highest BCUT2D eigenvalue weighted by molar-refractivity contribution is 9.10. The molecule has 0 aliphatic heterocycles. The molecule has 1 heterocycles. The van der Waals surface area contributed by atoms with Gasteiger partial charge in [-0.05, 0) is 47.5 Å². The number of benzene rings is 1. The van der Waals surface area contributed by atoms with Gasteiger partial charge in [0.15, 0.2) is 0 Å². The first-order chi connectivity index (χ1) is 8.08. The summed E-state index contributed by atoms with van der Waals surface area (Å²) in [5, 5.41) is 4.33. The van der Waals surface area contributed by atoms with Crippen LogP contribution < -0.4 is 4.74 Å². The van der Waals surface area contributed by atoms with Crippen molar-refractivity contribution in [3.05, 3.63) is 45.7 Å². The van der Waals surface area contributed by atoms with Crippen LogP contribution in [-0.4, -0.2) is 9.78 Å². The number of nitrogens with zero attached hydrogens (tertiary/aromatic N) is 2. The van der Waals surface area contributed by atoms with Crippen LogP contribution in [0.4, 0.5) is 0 Å². The van der Waals surface area contributed by atoms with Crippen LogP contribution in [0.3, 0.4) is 0 Å². The summed E-state index contributed by atoms with van der Waals surface area (Å²) >= 11 is 3.53. The van der Waals surface area contributed by atoms with E-state index in [9.17, 15) is 0 Å². The fourth-order valence-corrected chi connectivity index (χ4v) is 2.14. The Morgan fingerprint density at radius 1 is 1.35 bits per heavy atom. The third-order valence-electron chi connectivity index (χ3n) is 2.63. The Balaban J connectivity index is 2.12. The maximum Gasteiger partial charge on any atom is 0.131 e. The fourth-order valence-electron chi connectivity index (χ4n) is 1.69. The summed E-state index contributed by atoms with van der Waals surface area (Å²) in [5.74, 6) is 0.885. The molecule has 2 aromatic rings. The summed E-state index contributed by atoms with van der Waals surface area (Å²) in [7, 11) is 1.92. The zero-order valence-electron chi connectivity index (χ0n) is 10.2. The summed E-state index contributed by atoms with van der Waals surface area (Å²) in [4.78, 5) is 0. The number of ether oxygens (including phenoxy) is 1. The van der Waals surface area contributed by atoms with Gasteiger partial charge in [-0.3, -0.25) is 4.68 Å². The minimum atomic E-state index is 0.515. The molecule has 0 fully saturated rings. The Morgan fingerprint density at radius 2 is 2.12 bits per heavy atom. The van der Waals surface area contributed by atoms with Crippen molar-refractivity contribution in [1.82, 2.24) is 9.78 Å². The van der Waals surface area contributed by atoms with Crippen LogP contribution in [0.2, 0.25) is 0 Å². The Labute approximate surface area is 110 Å². The van der Waals surface area contributed by atoms with Crippen molar-refractivity contribution in [2.24, 2.45) is 7.05 Å². The van der Waals surface area contributed by atoms with E-state index in [0.717, 1.165) is 21.6 Å². The highest BCUT2D eigenvalue weighted by Crippen LogP contribution is 2.22. The second kappa shape index (κ2) is 4.92. The lowest BCUT2D eigenvalue weighted by Crippen LogP contribution is -2.03. The van der Waals surface area contributed by atoms with Crippen molar-refractivity contribution >= 4 is 15.9 Å². The molecule has 0 radical (unpaired) electrons. The first-order valence-corrected chi connectivity index (χ1v) is 6.24. The monoisotopic (exact) mass is 294 g/mol. The van der Waals surface area contributed by atoms with Gasteiger partial charge in [-0.1, -0.05) is 12.1 Å². The molecule has 0 aliphatic carbocycles. The van der Waals surface area contributed by atoms with E-state index in [2.05, 4.69) is 34.0 Å². The number of hydrogen-bond donors (Lipinski definition) is 0. The van der Waals surface area contributed by atoms with E-state index < -0.39 is 0 Å². The third-order valence-corrected chi connectivity index (χ3v) is 3.66. The molecule has 1 aromatic heterocycles. The maximum atomic E-state index is 5.76. The van der Waals surface area contributed by atoms with Crippen molar-refractivity contribution in [2.75, 3.05) is 0 Å². The van der Waals surface area contributed by atoms with Crippen LogP contribution in [0, 0.1) is 13.8 Å². The van der Waals surface area contributed by atoms with E-state index in [1.807, 2.05) is 36.9 Å². The molecule has 0 unspecified atom stereocenters. The van der Waals surface area contributed by atoms with Crippen LogP contribution in [0.1, 0.15) is 17.0 Å². The Hall–Kier alpha value is -1.29. The van der Waals surface area contributed by atoms with Gasteiger partial charge in [0, 0.05) is 7.05 Å². The number of halogens is 1. The second-order valence-corrected chi connectivity index (χ2v) is 4.87. The molecule has 2 rings (SSSR count). The highest BCUT2D eigenvalue weighted by Gasteiger charge is 2.10. The quantitative estimate of drug-likeness (QED) is 0.868. The topological polar surface area (TPSA) is 27.1 Å². The smallest absolute Gasteiger partial charge is 0.131 e. The molecule has 17 heavy (non-hydrogen) atoms. The Kier molecular flexibility index (Phi) is 3.52. The number of rotatable bonds is 3. The van der Waals surface area contributed by atoms with Crippen molar-refractivity contribution in [1.29, 1.82) is 0 Å². The van der Waals surface area contributed by atoms with Crippen LogP contribution in [0.15, 0.2) is 28.7 Å². The first kappa shape index (κ1) is 12.2. The Morgan fingerprint density at radius 3 is 2.71 bits per heavy atom.